The van der Waals surface area contributed by atoms with E-state index in [0.717, 1.165) is 31.5 Å². The maximum Gasteiger partial charge on any atom is 0.262 e. The number of ether oxygens (including phenoxy) is 1. The predicted molar refractivity (Wildman–Crippen MR) is 128 cm³/mol. The second-order valence-corrected chi connectivity index (χ2v) is 9.31. The van der Waals surface area contributed by atoms with Gasteiger partial charge in [-0.15, -0.1) is 22.7 Å². The molecule has 1 atom stereocenters. The molecule has 0 aliphatic heterocycles. The fraction of sp³-hybridized carbons (Fsp3) is 0.125. The number of hydrogen-bond acceptors (Lipinski definition) is 6. The summed E-state index contributed by atoms with van der Waals surface area (Å²) < 4.78 is 8.58. The van der Waals surface area contributed by atoms with Crippen molar-refractivity contribution in [1.29, 1.82) is 0 Å². The third-order valence-electron chi connectivity index (χ3n) is 5.18. The van der Waals surface area contributed by atoms with Crippen LogP contribution < -0.4 is 10.1 Å². The third kappa shape index (κ3) is 3.79. The highest BCUT2D eigenvalue weighted by atomic mass is 32.1. The number of carbonyl (C=O) groups is 1. The fourth-order valence-electron chi connectivity index (χ4n) is 3.60. The van der Waals surface area contributed by atoms with Crippen LogP contribution in [0, 0.1) is 0 Å². The van der Waals surface area contributed by atoms with Gasteiger partial charge in [-0.25, -0.2) is 9.97 Å². The first kappa shape index (κ1) is 20.4. The molecule has 0 saturated carbocycles. The van der Waals surface area contributed by atoms with Crippen LogP contribution in [0.5, 0.6) is 5.75 Å². The van der Waals surface area contributed by atoms with Gasteiger partial charge in [0.1, 0.15) is 22.6 Å². The van der Waals surface area contributed by atoms with Gasteiger partial charge < -0.3 is 14.6 Å². The second kappa shape index (κ2) is 8.57. The third-order valence-corrected chi connectivity index (χ3v) is 7.47. The molecule has 6 nitrogen and oxygen atoms in total. The quantitative estimate of drug-likeness (QED) is 0.374. The maximum atomic E-state index is 13.3. The zero-order chi connectivity index (χ0) is 22.1. The highest BCUT2D eigenvalue weighted by molar-refractivity contribution is 7.26. The summed E-state index contributed by atoms with van der Waals surface area (Å²) in [6.45, 7) is 0. The Morgan fingerprint density at radius 3 is 2.66 bits per heavy atom. The summed E-state index contributed by atoms with van der Waals surface area (Å²) in [7, 11) is 3.53. The van der Waals surface area contributed by atoms with Gasteiger partial charge in [0.2, 0.25) is 0 Å². The van der Waals surface area contributed by atoms with Gasteiger partial charge in [0, 0.05) is 25.0 Å². The number of carbonyl (C=O) groups excluding carboxylic acids is 1. The van der Waals surface area contributed by atoms with E-state index in [-0.39, 0.29) is 5.91 Å². The van der Waals surface area contributed by atoms with E-state index >= 15 is 0 Å². The Morgan fingerprint density at radius 1 is 1.06 bits per heavy atom. The van der Waals surface area contributed by atoms with Crippen molar-refractivity contribution in [2.24, 2.45) is 7.05 Å². The van der Waals surface area contributed by atoms with Crippen molar-refractivity contribution < 1.29 is 9.53 Å². The van der Waals surface area contributed by atoms with Crippen LogP contribution in [0.15, 0.2) is 73.1 Å². The number of thiophene rings is 1. The van der Waals surface area contributed by atoms with Crippen LogP contribution in [0.2, 0.25) is 0 Å². The van der Waals surface area contributed by atoms with Crippen molar-refractivity contribution >= 4 is 38.8 Å². The van der Waals surface area contributed by atoms with Crippen LogP contribution in [-0.4, -0.2) is 27.6 Å². The molecule has 3 heterocycles. The van der Waals surface area contributed by atoms with E-state index in [4.69, 9.17) is 9.72 Å². The van der Waals surface area contributed by atoms with Crippen LogP contribution in [0.25, 0.3) is 20.1 Å². The molecule has 5 rings (SSSR count). The first-order valence-electron chi connectivity index (χ1n) is 10.0. The Bertz CT molecular complexity index is 1370. The normalized spacial score (nSPS) is 12.1. The van der Waals surface area contributed by atoms with Crippen molar-refractivity contribution in [3.8, 4) is 15.6 Å². The van der Waals surface area contributed by atoms with Crippen LogP contribution in [-0.2, 0) is 7.05 Å². The van der Waals surface area contributed by atoms with Gasteiger partial charge in [-0.2, -0.15) is 0 Å². The highest BCUT2D eigenvalue weighted by Crippen LogP contribution is 2.35. The molecule has 1 amide bonds. The molecule has 0 aliphatic carbocycles. The van der Waals surface area contributed by atoms with Crippen molar-refractivity contribution in [2.45, 2.75) is 6.04 Å². The number of aryl methyl sites for hydroxylation is 1. The van der Waals surface area contributed by atoms with Crippen molar-refractivity contribution in [3.63, 3.8) is 0 Å². The number of thiazole rings is 1. The zero-order valence-corrected chi connectivity index (χ0v) is 19.1. The lowest BCUT2D eigenvalue weighted by molar-refractivity contribution is 0.0945. The van der Waals surface area contributed by atoms with Crippen LogP contribution >= 0.6 is 22.7 Å². The van der Waals surface area contributed by atoms with E-state index in [2.05, 4.69) is 16.4 Å². The largest absolute Gasteiger partial charge is 0.496 e. The molecule has 0 saturated heterocycles. The Morgan fingerprint density at radius 2 is 1.88 bits per heavy atom. The predicted octanol–water partition coefficient (Wildman–Crippen LogP) is 5.29. The van der Waals surface area contributed by atoms with Gasteiger partial charge in [-0.05, 0) is 30.3 Å². The van der Waals surface area contributed by atoms with E-state index in [1.165, 1.54) is 11.3 Å². The van der Waals surface area contributed by atoms with Crippen molar-refractivity contribution in [3.05, 3.63) is 89.3 Å². The van der Waals surface area contributed by atoms with Gasteiger partial charge in [0.05, 0.1) is 27.1 Å². The number of aromatic nitrogens is 3. The average molecular weight is 461 g/mol. The molecule has 0 fully saturated rings. The topological polar surface area (TPSA) is 69.0 Å². The van der Waals surface area contributed by atoms with Crippen LogP contribution in [0.1, 0.15) is 27.1 Å². The molecule has 160 valence electrons. The lowest BCUT2D eigenvalue weighted by atomic mass is 10.0. The van der Waals surface area contributed by atoms with Gasteiger partial charge in [0.15, 0.2) is 0 Å². The first-order valence-corrected chi connectivity index (χ1v) is 11.6. The number of para-hydroxylation sites is 2. The van der Waals surface area contributed by atoms with Gasteiger partial charge in [-0.3, -0.25) is 4.79 Å². The molecule has 0 bridgehead atoms. The van der Waals surface area contributed by atoms with Crippen molar-refractivity contribution in [1.82, 2.24) is 19.9 Å². The maximum absolute atomic E-state index is 13.3. The number of rotatable bonds is 6. The fourth-order valence-corrected chi connectivity index (χ4v) is 5.53. The molecule has 5 aromatic rings. The molecule has 1 unspecified atom stereocenters. The zero-order valence-electron chi connectivity index (χ0n) is 17.5. The number of hydrogen-bond donors (Lipinski definition) is 1. The molecular weight excluding hydrogens is 440 g/mol. The molecule has 0 radical (unpaired) electrons. The van der Waals surface area contributed by atoms with Gasteiger partial charge in [0.25, 0.3) is 5.91 Å². The van der Waals surface area contributed by atoms with Crippen molar-refractivity contribution in [2.75, 3.05) is 7.11 Å². The van der Waals surface area contributed by atoms with E-state index in [0.29, 0.717) is 10.6 Å². The van der Waals surface area contributed by atoms with Gasteiger partial charge in [-0.1, -0.05) is 30.3 Å². The second-order valence-electron chi connectivity index (χ2n) is 7.20. The molecule has 2 aromatic carbocycles. The van der Waals surface area contributed by atoms with Gasteiger partial charge >= 0.3 is 0 Å². The summed E-state index contributed by atoms with van der Waals surface area (Å²) in [5.74, 6) is 1.26. The SMILES string of the molecule is COc1ccccc1C(NC(=O)c1ccc(-c2nc3ccccc3s2)s1)c1nccn1C. The standard InChI is InChI=1S/C24H20N4O2S2/c1-28-14-13-25-22(28)21(15-7-3-5-9-17(15)30-2)27-23(29)19-11-12-20(31-19)24-26-16-8-4-6-10-18(16)32-24/h3-14,21H,1-2H3,(H,27,29). The van der Waals surface area contributed by atoms with E-state index < -0.39 is 6.04 Å². The van der Waals surface area contributed by atoms with Crippen LogP contribution in [0.3, 0.4) is 0 Å². The summed E-state index contributed by atoms with van der Waals surface area (Å²) in [4.78, 5) is 24.0. The molecule has 3 aromatic heterocycles. The first-order chi connectivity index (χ1) is 15.6. The molecule has 8 heteroatoms. The minimum Gasteiger partial charge on any atom is -0.496 e. The minimum absolute atomic E-state index is 0.165. The Hall–Kier alpha value is -3.49. The molecule has 0 aliphatic rings. The summed E-state index contributed by atoms with van der Waals surface area (Å²) in [5, 5.41) is 4.07. The minimum atomic E-state index is -0.452. The smallest absolute Gasteiger partial charge is 0.262 e. The molecule has 1 N–H and O–H groups in total. The van der Waals surface area contributed by atoms with Crippen LogP contribution in [0.4, 0.5) is 0 Å². The van der Waals surface area contributed by atoms with E-state index in [1.54, 1.807) is 24.6 Å². The molecule has 0 spiro atoms. The lowest BCUT2D eigenvalue weighted by Gasteiger charge is -2.21. The molecular formula is C24H20N4O2S2. The Balaban J connectivity index is 1.46. The number of nitrogens with one attached hydrogen (secondary N) is 1. The monoisotopic (exact) mass is 460 g/mol. The van der Waals surface area contributed by atoms with E-state index in [1.807, 2.05) is 72.4 Å². The average Bonchev–Trinajstić information content (AvgIpc) is 3.56. The highest BCUT2D eigenvalue weighted by Gasteiger charge is 2.25. The summed E-state index contributed by atoms with van der Waals surface area (Å²) in [6, 6.07) is 19.1. The summed E-state index contributed by atoms with van der Waals surface area (Å²) >= 11 is 3.06. The lowest BCUT2D eigenvalue weighted by Crippen LogP contribution is -2.30. The molecule has 32 heavy (non-hydrogen) atoms. The number of nitrogens with zero attached hydrogens (tertiary/aromatic N) is 3. The Kier molecular flexibility index (Phi) is 5.46. The Labute approximate surface area is 193 Å². The van der Waals surface area contributed by atoms with E-state index in [9.17, 15) is 4.79 Å². The number of imidazole rings is 1. The number of methoxy groups -OCH3 is 1. The summed E-state index contributed by atoms with van der Waals surface area (Å²) in [6.07, 6.45) is 3.58. The number of benzene rings is 2. The summed E-state index contributed by atoms with van der Waals surface area (Å²) in [5.41, 5.74) is 1.82. The number of fused-ring (bicyclic) bond motifs is 1. The number of amides is 1.